The van der Waals surface area contributed by atoms with Crippen molar-refractivity contribution in [3.05, 3.63) is 23.8 Å². The Morgan fingerprint density at radius 2 is 1.82 bits per heavy atom. The fraction of sp³-hybridized carbons (Fsp3) is 0.556. The Kier molecular flexibility index (Phi) is 11.6. The highest BCUT2D eigenvalue weighted by atomic mass is 16.5. The summed E-state index contributed by atoms with van der Waals surface area (Å²) in [6.07, 6.45) is 0. The van der Waals surface area contributed by atoms with E-state index in [9.17, 15) is 14.7 Å². The molecule has 1 rings (SSSR count). The molecular weight excluding hydrogens is 368 g/mol. The number of nitrogens with one attached hydrogen (secondary N) is 1. The Morgan fingerprint density at radius 3 is 2.46 bits per heavy atom. The molecule has 0 aliphatic carbocycles. The SMILES string of the molecule is COc1cc(O)ccc1CN(CCOCCOCCNC(=O)CN)C(=O)CN. The van der Waals surface area contributed by atoms with E-state index in [4.69, 9.17) is 25.7 Å². The van der Waals surface area contributed by atoms with E-state index in [2.05, 4.69) is 5.32 Å². The molecule has 0 heterocycles. The van der Waals surface area contributed by atoms with Gasteiger partial charge in [0.2, 0.25) is 11.8 Å². The van der Waals surface area contributed by atoms with Gasteiger partial charge in [-0.15, -0.1) is 0 Å². The molecule has 10 heteroatoms. The third-order valence-corrected chi connectivity index (χ3v) is 3.79. The van der Waals surface area contributed by atoms with Crippen molar-refractivity contribution in [1.82, 2.24) is 10.2 Å². The molecule has 0 bridgehead atoms. The smallest absolute Gasteiger partial charge is 0.236 e. The van der Waals surface area contributed by atoms with Crippen LogP contribution < -0.4 is 21.5 Å². The number of rotatable bonds is 14. The largest absolute Gasteiger partial charge is 0.508 e. The summed E-state index contributed by atoms with van der Waals surface area (Å²) in [5.41, 5.74) is 11.4. The summed E-state index contributed by atoms with van der Waals surface area (Å²) in [5.74, 6) is 0.134. The number of hydrogen-bond acceptors (Lipinski definition) is 8. The van der Waals surface area contributed by atoms with Gasteiger partial charge in [-0.1, -0.05) is 0 Å². The van der Waals surface area contributed by atoms with E-state index in [0.717, 1.165) is 5.56 Å². The zero-order chi connectivity index (χ0) is 20.8. The molecule has 1 aromatic carbocycles. The molecule has 0 unspecified atom stereocenters. The number of hydrogen-bond donors (Lipinski definition) is 4. The average Bonchev–Trinajstić information content (AvgIpc) is 2.71. The number of aromatic hydroxyl groups is 1. The fourth-order valence-electron chi connectivity index (χ4n) is 2.32. The molecule has 0 radical (unpaired) electrons. The lowest BCUT2D eigenvalue weighted by atomic mass is 10.1. The van der Waals surface area contributed by atoms with E-state index < -0.39 is 0 Å². The molecule has 6 N–H and O–H groups in total. The van der Waals surface area contributed by atoms with Gasteiger partial charge in [-0.3, -0.25) is 9.59 Å². The number of ether oxygens (including phenoxy) is 3. The van der Waals surface area contributed by atoms with Crippen LogP contribution in [0.3, 0.4) is 0 Å². The number of carbonyl (C=O) groups is 2. The number of nitrogens with two attached hydrogens (primary N) is 2. The van der Waals surface area contributed by atoms with Crippen molar-refractivity contribution in [3.8, 4) is 11.5 Å². The van der Waals surface area contributed by atoms with Gasteiger partial charge in [-0.25, -0.2) is 0 Å². The molecule has 0 fully saturated rings. The van der Waals surface area contributed by atoms with Gasteiger partial charge >= 0.3 is 0 Å². The van der Waals surface area contributed by atoms with Crippen LogP contribution in [-0.4, -0.2) is 81.5 Å². The predicted molar refractivity (Wildman–Crippen MR) is 103 cm³/mol. The van der Waals surface area contributed by atoms with Gasteiger partial charge in [0.05, 0.1) is 46.6 Å². The molecule has 2 amide bonds. The predicted octanol–water partition coefficient (Wildman–Crippen LogP) is -1.20. The topological polar surface area (TPSA) is 149 Å². The molecule has 0 saturated carbocycles. The summed E-state index contributed by atoms with van der Waals surface area (Å²) in [6.45, 7) is 2.30. The summed E-state index contributed by atoms with van der Waals surface area (Å²) in [5, 5.41) is 12.1. The van der Waals surface area contributed by atoms with Crippen LogP contribution in [0.2, 0.25) is 0 Å². The molecule has 0 aliphatic heterocycles. The maximum Gasteiger partial charge on any atom is 0.236 e. The van der Waals surface area contributed by atoms with Crippen molar-refractivity contribution in [1.29, 1.82) is 0 Å². The van der Waals surface area contributed by atoms with Gasteiger partial charge in [0.15, 0.2) is 0 Å². The van der Waals surface area contributed by atoms with Crippen molar-refractivity contribution in [2.24, 2.45) is 11.5 Å². The number of phenolic OH excluding ortho intramolecular Hbond substituents is 1. The van der Waals surface area contributed by atoms with Gasteiger partial charge in [-0.2, -0.15) is 0 Å². The van der Waals surface area contributed by atoms with Crippen LogP contribution in [0.1, 0.15) is 5.56 Å². The molecule has 0 aliphatic rings. The Bertz CT molecular complexity index is 614. The Hall–Kier alpha value is -2.40. The molecule has 10 nitrogen and oxygen atoms in total. The molecule has 0 aromatic heterocycles. The maximum absolute atomic E-state index is 12.1. The second-order valence-corrected chi connectivity index (χ2v) is 5.79. The quantitative estimate of drug-likeness (QED) is 0.285. The molecule has 28 heavy (non-hydrogen) atoms. The van der Waals surface area contributed by atoms with Crippen LogP contribution >= 0.6 is 0 Å². The highest BCUT2D eigenvalue weighted by molar-refractivity contribution is 5.78. The first-order chi connectivity index (χ1) is 13.5. The summed E-state index contributed by atoms with van der Waals surface area (Å²) < 4.78 is 16.0. The van der Waals surface area contributed by atoms with Gasteiger partial charge in [0.1, 0.15) is 11.5 Å². The number of benzene rings is 1. The first-order valence-corrected chi connectivity index (χ1v) is 8.97. The second-order valence-electron chi connectivity index (χ2n) is 5.79. The number of methoxy groups -OCH3 is 1. The van der Waals surface area contributed by atoms with Crippen molar-refractivity contribution in [3.63, 3.8) is 0 Å². The number of amides is 2. The highest BCUT2D eigenvalue weighted by Crippen LogP contribution is 2.25. The summed E-state index contributed by atoms with van der Waals surface area (Å²) >= 11 is 0. The molecular formula is C18H30N4O6. The van der Waals surface area contributed by atoms with E-state index >= 15 is 0 Å². The van der Waals surface area contributed by atoms with Crippen LogP contribution in [0.25, 0.3) is 0 Å². The first kappa shape index (κ1) is 23.6. The lowest BCUT2D eigenvalue weighted by molar-refractivity contribution is -0.131. The Balaban J connectivity index is 2.33. The van der Waals surface area contributed by atoms with Gasteiger partial charge in [0, 0.05) is 31.3 Å². The van der Waals surface area contributed by atoms with E-state index in [1.807, 2.05) is 0 Å². The van der Waals surface area contributed by atoms with Crippen LogP contribution in [0.5, 0.6) is 11.5 Å². The monoisotopic (exact) mass is 398 g/mol. The Morgan fingerprint density at radius 1 is 1.11 bits per heavy atom. The van der Waals surface area contributed by atoms with E-state index in [0.29, 0.717) is 51.8 Å². The van der Waals surface area contributed by atoms with Crippen molar-refractivity contribution < 1.29 is 28.9 Å². The molecule has 0 spiro atoms. The van der Waals surface area contributed by atoms with Crippen LogP contribution in [0.15, 0.2) is 18.2 Å². The molecule has 1 aromatic rings. The third-order valence-electron chi connectivity index (χ3n) is 3.79. The molecule has 0 saturated heterocycles. The first-order valence-electron chi connectivity index (χ1n) is 8.97. The van der Waals surface area contributed by atoms with E-state index in [1.165, 1.54) is 19.2 Å². The zero-order valence-electron chi connectivity index (χ0n) is 16.2. The number of carbonyl (C=O) groups excluding carboxylic acids is 2. The van der Waals surface area contributed by atoms with Crippen LogP contribution in [0.4, 0.5) is 0 Å². The van der Waals surface area contributed by atoms with Crippen LogP contribution in [0, 0.1) is 0 Å². The Labute approximate surface area is 164 Å². The lowest BCUT2D eigenvalue weighted by Crippen LogP contribution is -2.38. The second kappa shape index (κ2) is 13.7. The van der Waals surface area contributed by atoms with Crippen molar-refractivity contribution in [2.45, 2.75) is 6.54 Å². The highest BCUT2D eigenvalue weighted by Gasteiger charge is 2.15. The summed E-state index contributed by atoms with van der Waals surface area (Å²) in [7, 11) is 1.50. The maximum atomic E-state index is 12.1. The third kappa shape index (κ3) is 9.00. The number of phenols is 1. The normalized spacial score (nSPS) is 10.5. The standard InChI is InChI=1S/C18H30N4O6/c1-26-16-10-15(23)3-2-14(16)13-22(18(25)12-20)5-7-28-9-8-27-6-4-21-17(24)11-19/h2-3,10,23H,4-9,11-13,19-20H2,1H3,(H,21,24). The lowest BCUT2D eigenvalue weighted by Gasteiger charge is -2.23. The minimum Gasteiger partial charge on any atom is -0.508 e. The minimum atomic E-state index is -0.227. The van der Waals surface area contributed by atoms with Crippen LogP contribution in [-0.2, 0) is 25.6 Å². The molecule has 158 valence electrons. The zero-order valence-corrected chi connectivity index (χ0v) is 16.2. The van der Waals surface area contributed by atoms with E-state index in [-0.39, 0.29) is 30.7 Å². The van der Waals surface area contributed by atoms with Gasteiger partial charge in [-0.05, 0) is 12.1 Å². The van der Waals surface area contributed by atoms with Gasteiger partial charge < -0.3 is 41.0 Å². The minimum absolute atomic E-state index is 0.0445. The van der Waals surface area contributed by atoms with Gasteiger partial charge in [0.25, 0.3) is 0 Å². The van der Waals surface area contributed by atoms with E-state index in [1.54, 1.807) is 11.0 Å². The fourth-order valence-corrected chi connectivity index (χ4v) is 2.32. The van der Waals surface area contributed by atoms with Crippen molar-refractivity contribution >= 4 is 11.8 Å². The summed E-state index contributed by atoms with van der Waals surface area (Å²) in [6, 6.07) is 4.72. The van der Waals surface area contributed by atoms with Crippen molar-refractivity contribution in [2.75, 3.05) is 59.7 Å². The average molecular weight is 398 g/mol. The number of nitrogens with zero attached hydrogens (tertiary/aromatic N) is 1. The summed E-state index contributed by atoms with van der Waals surface area (Å²) in [4.78, 5) is 24.6. The molecule has 0 atom stereocenters.